The van der Waals surface area contributed by atoms with Crippen LogP contribution in [0.4, 0.5) is 4.39 Å². The van der Waals surface area contributed by atoms with Crippen molar-refractivity contribution in [2.45, 2.75) is 32.4 Å². The largest absolute Gasteiger partial charge is 0.271 e. The molecule has 2 rings (SSSR count). The Morgan fingerprint density at radius 3 is 2.85 bits per heavy atom. The van der Waals surface area contributed by atoms with Gasteiger partial charge in [0.05, 0.1) is 22.4 Å². The molecule has 20 heavy (non-hydrogen) atoms. The molecule has 0 aliphatic heterocycles. The summed E-state index contributed by atoms with van der Waals surface area (Å²) in [6.45, 7) is 2.89. The van der Waals surface area contributed by atoms with E-state index in [1.807, 2.05) is 10.7 Å². The number of nitrogens with one attached hydrogen (secondary N) is 1. The quantitative estimate of drug-likeness (QED) is 0.627. The topological polar surface area (TPSA) is 55.9 Å². The maximum Gasteiger partial charge on any atom is 0.126 e. The van der Waals surface area contributed by atoms with Gasteiger partial charge in [-0.05, 0) is 40.4 Å². The molecular weight excluding hydrogens is 323 g/mol. The number of benzene rings is 1. The van der Waals surface area contributed by atoms with Gasteiger partial charge in [-0.25, -0.2) is 4.39 Å². The van der Waals surface area contributed by atoms with Gasteiger partial charge in [0.15, 0.2) is 0 Å². The van der Waals surface area contributed by atoms with E-state index in [1.165, 1.54) is 6.07 Å². The Morgan fingerprint density at radius 2 is 2.20 bits per heavy atom. The SMILES string of the molecule is CCCn1ncc(Br)c1C(Cc1ccccc1F)NN. The molecule has 1 atom stereocenters. The number of hydrazine groups is 1. The summed E-state index contributed by atoms with van der Waals surface area (Å²) in [7, 11) is 0. The Bertz CT molecular complexity index is 570. The van der Waals surface area contributed by atoms with Crippen LogP contribution in [0.25, 0.3) is 0 Å². The zero-order valence-electron chi connectivity index (χ0n) is 11.3. The van der Waals surface area contributed by atoms with Crippen LogP contribution in [0.2, 0.25) is 0 Å². The average molecular weight is 341 g/mol. The van der Waals surface area contributed by atoms with Crippen molar-refractivity contribution < 1.29 is 4.39 Å². The highest BCUT2D eigenvalue weighted by Gasteiger charge is 2.20. The van der Waals surface area contributed by atoms with Gasteiger partial charge < -0.3 is 0 Å². The van der Waals surface area contributed by atoms with Crippen LogP contribution in [0.15, 0.2) is 34.9 Å². The van der Waals surface area contributed by atoms with Gasteiger partial charge in [0, 0.05) is 6.54 Å². The molecule has 1 aromatic carbocycles. The van der Waals surface area contributed by atoms with Crippen LogP contribution in [0, 0.1) is 5.82 Å². The van der Waals surface area contributed by atoms with Crippen LogP contribution in [-0.2, 0) is 13.0 Å². The molecule has 2 aromatic rings. The molecule has 1 aromatic heterocycles. The first-order chi connectivity index (χ1) is 9.67. The molecule has 1 heterocycles. The van der Waals surface area contributed by atoms with Crippen LogP contribution < -0.4 is 11.3 Å². The minimum atomic E-state index is -0.217. The lowest BCUT2D eigenvalue weighted by atomic mass is 10.0. The van der Waals surface area contributed by atoms with Crippen LogP contribution in [0.5, 0.6) is 0 Å². The fourth-order valence-corrected chi connectivity index (χ4v) is 2.80. The Balaban J connectivity index is 2.29. The van der Waals surface area contributed by atoms with Gasteiger partial charge in [-0.2, -0.15) is 5.10 Å². The van der Waals surface area contributed by atoms with Gasteiger partial charge in [-0.1, -0.05) is 25.1 Å². The molecule has 1 unspecified atom stereocenters. The third-order valence-corrected chi connectivity index (χ3v) is 3.79. The highest BCUT2D eigenvalue weighted by molar-refractivity contribution is 9.10. The van der Waals surface area contributed by atoms with Crippen molar-refractivity contribution in [1.82, 2.24) is 15.2 Å². The van der Waals surface area contributed by atoms with E-state index in [2.05, 4.69) is 33.4 Å². The number of hydrogen-bond donors (Lipinski definition) is 2. The molecule has 0 amide bonds. The third kappa shape index (κ3) is 3.26. The van der Waals surface area contributed by atoms with Crippen LogP contribution in [0.3, 0.4) is 0 Å². The molecule has 3 N–H and O–H groups in total. The minimum Gasteiger partial charge on any atom is -0.271 e. The number of rotatable bonds is 6. The van der Waals surface area contributed by atoms with E-state index in [4.69, 9.17) is 5.84 Å². The maximum atomic E-state index is 13.8. The Morgan fingerprint density at radius 1 is 1.45 bits per heavy atom. The second kappa shape index (κ2) is 6.97. The molecule has 108 valence electrons. The van der Waals surface area contributed by atoms with Gasteiger partial charge in [-0.15, -0.1) is 0 Å². The average Bonchev–Trinajstić information content (AvgIpc) is 2.80. The fraction of sp³-hybridized carbons (Fsp3) is 0.357. The summed E-state index contributed by atoms with van der Waals surface area (Å²) >= 11 is 3.49. The van der Waals surface area contributed by atoms with Crippen molar-refractivity contribution in [3.05, 3.63) is 52.0 Å². The number of aryl methyl sites for hydroxylation is 1. The van der Waals surface area contributed by atoms with Crippen molar-refractivity contribution in [1.29, 1.82) is 0 Å². The summed E-state index contributed by atoms with van der Waals surface area (Å²) in [5, 5.41) is 4.32. The van der Waals surface area contributed by atoms with Crippen molar-refractivity contribution >= 4 is 15.9 Å². The first-order valence-corrected chi connectivity index (χ1v) is 7.37. The highest BCUT2D eigenvalue weighted by atomic mass is 79.9. The van der Waals surface area contributed by atoms with Crippen molar-refractivity contribution in [2.75, 3.05) is 0 Å². The van der Waals surface area contributed by atoms with Crippen LogP contribution in [-0.4, -0.2) is 9.78 Å². The summed E-state index contributed by atoms with van der Waals surface area (Å²) in [4.78, 5) is 0. The summed E-state index contributed by atoms with van der Waals surface area (Å²) in [5.74, 6) is 5.44. The Labute approximate surface area is 126 Å². The molecule has 0 saturated carbocycles. The van der Waals surface area contributed by atoms with Crippen LogP contribution in [0.1, 0.15) is 30.6 Å². The van der Waals surface area contributed by atoms with Crippen molar-refractivity contribution in [3.8, 4) is 0 Å². The maximum absolute atomic E-state index is 13.8. The number of hydrogen-bond acceptors (Lipinski definition) is 3. The molecule has 0 radical (unpaired) electrons. The normalized spacial score (nSPS) is 12.6. The Hall–Kier alpha value is -1.24. The van der Waals surface area contributed by atoms with Crippen molar-refractivity contribution in [3.63, 3.8) is 0 Å². The lowest BCUT2D eigenvalue weighted by molar-refractivity contribution is 0.469. The van der Waals surface area contributed by atoms with Gasteiger partial charge in [0.2, 0.25) is 0 Å². The summed E-state index contributed by atoms with van der Waals surface area (Å²) in [6.07, 6.45) is 3.19. The van der Waals surface area contributed by atoms with E-state index in [0.29, 0.717) is 12.0 Å². The smallest absolute Gasteiger partial charge is 0.126 e. The number of halogens is 2. The first-order valence-electron chi connectivity index (χ1n) is 6.58. The number of nitrogens with zero attached hydrogens (tertiary/aromatic N) is 2. The zero-order valence-corrected chi connectivity index (χ0v) is 12.9. The van der Waals surface area contributed by atoms with Gasteiger partial charge >= 0.3 is 0 Å². The first kappa shape index (κ1) is 15.2. The second-order valence-corrected chi connectivity index (χ2v) is 5.47. The lowest BCUT2D eigenvalue weighted by Crippen LogP contribution is -2.32. The predicted octanol–water partition coefficient (Wildman–Crippen LogP) is 2.94. The summed E-state index contributed by atoms with van der Waals surface area (Å²) < 4.78 is 16.6. The lowest BCUT2D eigenvalue weighted by Gasteiger charge is -2.19. The number of nitrogens with two attached hydrogens (primary N) is 1. The van der Waals surface area contributed by atoms with E-state index in [9.17, 15) is 4.39 Å². The molecule has 0 aliphatic rings. The molecular formula is C14H18BrFN4. The molecule has 4 nitrogen and oxygen atoms in total. The van der Waals surface area contributed by atoms with Crippen LogP contribution >= 0.6 is 15.9 Å². The predicted molar refractivity (Wildman–Crippen MR) is 80.4 cm³/mol. The van der Waals surface area contributed by atoms with Crippen molar-refractivity contribution in [2.24, 2.45) is 5.84 Å². The zero-order chi connectivity index (χ0) is 14.5. The number of aromatic nitrogens is 2. The molecule has 6 heteroatoms. The van der Waals surface area contributed by atoms with E-state index >= 15 is 0 Å². The molecule has 0 aliphatic carbocycles. The van der Waals surface area contributed by atoms with E-state index in [0.717, 1.165) is 23.1 Å². The molecule has 0 fully saturated rings. The standard InChI is InChI=1S/C14H18BrFN4/c1-2-7-20-14(11(15)9-18-20)13(19-17)8-10-5-3-4-6-12(10)16/h3-6,9,13,19H,2,7-8,17H2,1H3. The fourth-order valence-electron chi connectivity index (χ4n) is 2.23. The molecule has 0 spiro atoms. The monoisotopic (exact) mass is 340 g/mol. The minimum absolute atomic E-state index is 0.199. The summed E-state index contributed by atoms with van der Waals surface area (Å²) in [6, 6.07) is 6.54. The van der Waals surface area contributed by atoms with E-state index < -0.39 is 0 Å². The molecule has 0 bridgehead atoms. The van der Waals surface area contributed by atoms with Gasteiger partial charge in [-0.3, -0.25) is 16.0 Å². The van der Waals surface area contributed by atoms with E-state index in [1.54, 1.807) is 18.3 Å². The third-order valence-electron chi connectivity index (χ3n) is 3.18. The molecule has 0 saturated heterocycles. The second-order valence-electron chi connectivity index (χ2n) is 4.62. The van der Waals surface area contributed by atoms with Gasteiger partial charge in [0.1, 0.15) is 5.82 Å². The Kier molecular flexibility index (Phi) is 5.28. The summed E-state index contributed by atoms with van der Waals surface area (Å²) in [5.41, 5.74) is 4.34. The highest BCUT2D eigenvalue weighted by Crippen LogP contribution is 2.26. The van der Waals surface area contributed by atoms with E-state index in [-0.39, 0.29) is 11.9 Å². The van der Waals surface area contributed by atoms with Gasteiger partial charge in [0.25, 0.3) is 0 Å².